The number of carbonyl (C=O) groups excluding carboxylic acids is 1. The van der Waals surface area contributed by atoms with Crippen LogP contribution in [0.2, 0.25) is 0 Å². The van der Waals surface area contributed by atoms with Crippen molar-refractivity contribution in [1.82, 2.24) is 5.32 Å². The number of carboxylic acid groups (broad SMARTS) is 1. The highest BCUT2D eigenvalue weighted by Crippen LogP contribution is 2.25. The Balaban J connectivity index is 2.35. The van der Waals surface area contributed by atoms with E-state index in [0.29, 0.717) is 19.4 Å². The van der Waals surface area contributed by atoms with Crippen molar-refractivity contribution < 1.29 is 14.7 Å². The zero-order valence-corrected chi connectivity index (χ0v) is 11.0. The monoisotopic (exact) mass is 253 g/mol. The Hall–Kier alpha value is -1.32. The minimum atomic E-state index is -0.870. The van der Waals surface area contributed by atoms with Gasteiger partial charge in [-0.25, -0.2) is 0 Å². The molecule has 0 saturated carbocycles. The largest absolute Gasteiger partial charge is 0.481 e. The third-order valence-corrected chi connectivity index (χ3v) is 3.42. The van der Waals surface area contributed by atoms with Crippen LogP contribution in [0.3, 0.4) is 0 Å². The van der Waals surface area contributed by atoms with Crippen molar-refractivity contribution in [3.63, 3.8) is 0 Å². The molecule has 0 fully saturated rings. The van der Waals surface area contributed by atoms with Crippen molar-refractivity contribution >= 4 is 11.9 Å². The molecule has 1 aliphatic rings. The zero-order valence-electron chi connectivity index (χ0n) is 11.0. The molecule has 2 atom stereocenters. The van der Waals surface area contributed by atoms with Gasteiger partial charge in [0.15, 0.2) is 0 Å². The van der Waals surface area contributed by atoms with Crippen molar-refractivity contribution in [3.05, 3.63) is 12.2 Å². The average Bonchev–Trinajstić information content (AvgIpc) is 2.38. The maximum absolute atomic E-state index is 11.9. The molecule has 0 saturated heterocycles. The highest BCUT2D eigenvalue weighted by atomic mass is 16.4. The van der Waals surface area contributed by atoms with Crippen LogP contribution in [0.25, 0.3) is 0 Å². The van der Waals surface area contributed by atoms with Gasteiger partial charge < -0.3 is 10.4 Å². The number of carbonyl (C=O) groups is 2. The van der Waals surface area contributed by atoms with E-state index in [1.165, 1.54) is 12.8 Å². The van der Waals surface area contributed by atoms with E-state index >= 15 is 0 Å². The summed E-state index contributed by atoms with van der Waals surface area (Å²) in [5, 5.41) is 11.9. The molecule has 0 heterocycles. The Morgan fingerprint density at radius 3 is 2.44 bits per heavy atom. The summed E-state index contributed by atoms with van der Waals surface area (Å²) in [7, 11) is 0. The number of hydrogen-bond acceptors (Lipinski definition) is 2. The first kappa shape index (κ1) is 14.7. The number of allylic oxidation sites excluding steroid dienone is 2. The Bertz CT molecular complexity index is 312. The van der Waals surface area contributed by atoms with E-state index in [1.54, 1.807) is 0 Å². The standard InChI is InChI=1S/C14H23NO3/c1-2-3-4-7-10-15-13(16)11-8-5-6-9-12(11)14(17)18/h5-6,11-12H,2-4,7-10H2,1H3,(H,15,16)(H,17,18). The molecule has 0 spiro atoms. The lowest BCUT2D eigenvalue weighted by atomic mass is 9.82. The van der Waals surface area contributed by atoms with Gasteiger partial charge in [0.25, 0.3) is 0 Å². The third kappa shape index (κ3) is 4.51. The first-order valence-electron chi connectivity index (χ1n) is 6.82. The van der Waals surface area contributed by atoms with Crippen molar-refractivity contribution in [2.75, 3.05) is 6.54 Å². The minimum absolute atomic E-state index is 0.108. The van der Waals surface area contributed by atoms with Crippen LogP contribution >= 0.6 is 0 Å². The van der Waals surface area contributed by atoms with Crippen molar-refractivity contribution in [2.24, 2.45) is 11.8 Å². The van der Waals surface area contributed by atoms with Gasteiger partial charge in [-0.05, 0) is 19.3 Å². The maximum atomic E-state index is 11.9. The van der Waals surface area contributed by atoms with E-state index in [4.69, 9.17) is 5.11 Å². The smallest absolute Gasteiger partial charge is 0.307 e. The van der Waals surface area contributed by atoms with Gasteiger partial charge in [-0.2, -0.15) is 0 Å². The van der Waals surface area contributed by atoms with Crippen LogP contribution in [0.4, 0.5) is 0 Å². The second-order valence-corrected chi connectivity index (χ2v) is 4.85. The van der Waals surface area contributed by atoms with Gasteiger partial charge in [0.2, 0.25) is 5.91 Å². The molecule has 0 aromatic carbocycles. The fourth-order valence-corrected chi connectivity index (χ4v) is 2.27. The second-order valence-electron chi connectivity index (χ2n) is 4.85. The molecule has 4 heteroatoms. The van der Waals surface area contributed by atoms with Crippen LogP contribution in [-0.2, 0) is 9.59 Å². The van der Waals surface area contributed by atoms with Gasteiger partial charge >= 0.3 is 5.97 Å². The lowest BCUT2D eigenvalue weighted by Crippen LogP contribution is -2.39. The minimum Gasteiger partial charge on any atom is -0.481 e. The molecular weight excluding hydrogens is 230 g/mol. The van der Waals surface area contributed by atoms with Crippen LogP contribution in [-0.4, -0.2) is 23.5 Å². The Morgan fingerprint density at radius 1 is 1.17 bits per heavy atom. The lowest BCUT2D eigenvalue weighted by molar-refractivity contribution is -0.147. The fraction of sp³-hybridized carbons (Fsp3) is 0.714. The number of carboxylic acids is 1. The molecule has 18 heavy (non-hydrogen) atoms. The van der Waals surface area contributed by atoms with Gasteiger partial charge in [0.05, 0.1) is 11.8 Å². The molecule has 2 unspecified atom stereocenters. The number of rotatable bonds is 7. The Labute approximate surface area is 108 Å². The zero-order chi connectivity index (χ0) is 13.4. The molecule has 0 aliphatic heterocycles. The molecule has 0 aromatic rings. The van der Waals surface area contributed by atoms with Crippen LogP contribution in [0.1, 0.15) is 45.4 Å². The highest BCUT2D eigenvalue weighted by Gasteiger charge is 2.33. The number of amides is 1. The second kappa shape index (κ2) is 7.90. The lowest BCUT2D eigenvalue weighted by Gasteiger charge is -2.24. The number of unbranched alkanes of at least 4 members (excludes halogenated alkanes) is 3. The first-order chi connectivity index (χ1) is 8.66. The third-order valence-electron chi connectivity index (χ3n) is 3.42. The van der Waals surface area contributed by atoms with Crippen LogP contribution < -0.4 is 5.32 Å². The van der Waals surface area contributed by atoms with Gasteiger partial charge in [0, 0.05) is 6.54 Å². The summed E-state index contributed by atoms with van der Waals surface area (Å²) in [4.78, 5) is 23.0. The van der Waals surface area contributed by atoms with Crippen molar-refractivity contribution in [2.45, 2.75) is 45.4 Å². The molecule has 1 amide bonds. The summed E-state index contributed by atoms with van der Waals surface area (Å²) < 4.78 is 0. The van der Waals surface area contributed by atoms with Gasteiger partial charge in [0.1, 0.15) is 0 Å². The molecule has 0 radical (unpaired) electrons. The average molecular weight is 253 g/mol. The van der Waals surface area contributed by atoms with E-state index in [-0.39, 0.29) is 5.91 Å². The SMILES string of the molecule is CCCCCCNC(=O)C1CC=CCC1C(=O)O. The molecule has 0 bridgehead atoms. The normalized spacial score (nSPS) is 22.7. The fourth-order valence-electron chi connectivity index (χ4n) is 2.27. The molecule has 2 N–H and O–H groups in total. The van der Waals surface area contributed by atoms with E-state index in [9.17, 15) is 9.59 Å². The van der Waals surface area contributed by atoms with Crippen LogP contribution in [0.5, 0.6) is 0 Å². The number of hydrogen-bond donors (Lipinski definition) is 2. The van der Waals surface area contributed by atoms with Crippen molar-refractivity contribution in [3.8, 4) is 0 Å². The first-order valence-corrected chi connectivity index (χ1v) is 6.82. The predicted molar refractivity (Wildman–Crippen MR) is 70.1 cm³/mol. The van der Waals surface area contributed by atoms with Gasteiger partial charge in [-0.3, -0.25) is 9.59 Å². The Kier molecular flexibility index (Phi) is 6.47. The summed E-state index contributed by atoms with van der Waals surface area (Å²) in [6.45, 7) is 2.80. The maximum Gasteiger partial charge on any atom is 0.307 e. The molecule has 1 rings (SSSR count). The highest BCUT2D eigenvalue weighted by molar-refractivity contribution is 5.85. The van der Waals surface area contributed by atoms with E-state index < -0.39 is 17.8 Å². The molecule has 1 aliphatic carbocycles. The molecule has 102 valence electrons. The van der Waals surface area contributed by atoms with Crippen LogP contribution in [0.15, 0.2) is 12.2 Å². The number of aliphatic carboxylic acids is 1. The molecule has 4 nitrogen and oxygen atoms in total. The van der Waals surface area contributed by atoms with E-state index in [2.05, 4.69) is 12.2 Å². The number of nitrogens with one attached hydrogen (secondary N) is 1. The molecule has 0 aromatic heterocycles. The predicted octanol–water partition coefficient (Wildman–Crippen LogP) is 2.35. The van der Waals surface area contributed by atoms with Crippen molar-refractivity contribution in [1.29, 1.82) is 0 Å². The molecular formula is C14H23NO3. The van der Waals surface area contributed by atoms with E-state index in [1.807, 2.05) is 12.2 Å². The summed E-state index contributed by atoms with van der Waals surface area (Å²) in [5.74, 6) is -1.95. The summed E-state index contributed by atoms with van der Waals surface area (Å²) in [6.07, 6.45) is 9.19. The summed E-state index contributed by atoms with van der Waals surface area (Å²) >= 11 is 0. The van der Waals surface area contributed by atoms with Gasteiger partial charge in [-0.15, -0.1) is 0 Å². The topological polar surface area (TPSA) is 66.4 Å². The quantitative estimate of drug-likeness (QED) is 0.540. The summed E-state index contributed by atoms with van der Waals surface area (Å²) in [6, 6.07) is 0. The van der Waals surface area contributed by atoms with E-state index in [0.717, 1.165) is 12.8 Å². The van der Waals surface area contributed by atoms with Gasteiger partial charge in [-0.1, -0.05) is 38.3 Å². The summed E-state index contributed by atoms with van der Waals surface area (Å²) in [5.41, 5.74) is 0. The van der Waals surface area contributed by atoms with Crippen LogP contribution in [0, 0.1) is 11.8 Å². The Morgan fingerprint density at radius 2 is 1.83 bits per heavy atom.